The SMILES string of the molecule is COc1ccc(-c2noc([C@@H](C)NCC3CC3)c2C(=O)O)cc1. The fourth-order valence-electron chi connectivity index (χ4n) is 2.51. The van der Waals surface area contributed by atoms with E-state index >= 15 is 0 Å². The average Bonchev–Trinajstić information content (AvgIpc) is 3.28. The smallest absolute Gasteiger partial charge is 0.341 e. The van der Waals surface area contributed by atoms with Gasteiger partial charge in [-0.1, -0.05) is 5.16 Å². The third-order valence-corrected chi connectivity index (χ3v) is 4.10. The Labute approximate surface area is 134 Å². The van der Waals surface area contributed by atoms with Crippen molar-refractivity contribution >= 4 is 5.97 Å². The Kier molecular flexibility index (Phi) is 4.34. The summed E-state index contributed by atoms with van der Waals surface area (Å²) in [5, 5.41) is 16.9. The maximum absolute atomic E-state index is 11.7. The standard InChI is InChI=1S/C17H20N2O4/c1-10(18-9-11-3-4-11)16-14(17(20)21)15(19-23-16)12-5-7-13(22-2)8-6-12/h5-8,10-11,18H,3-4,9H2,1-2H3,(H,20,21)/t10-/m1/s1. The van der Waals surface area contributed by atoms with Crippen molar-refractivity contribution in [3.8, 4) is 17.0 Å². The molecule has 0 unspecified atom stereocenters. The fourth-order valence-corrected chi connectivity index (χ4v) is 2.51. The molecule has 0 radical (unpaired) electrons. The van der Waals surface area contributed by atoms with Crippen molar-refractivity contribution in [3.05, 3.63) is 35.6 Å². The first-order valence-corrected chi connectivity index (χ1v) is 7.70. The number of nitrogens with zero attached hydrogens (tertiary/aromatic N) is 1. The summed E-state index contributed by atoms with van der Waals surface area (Å²) >= 11 is 0. The number of nitrogens with one attached hydrogen (secondary N) is 1. The third kappa shape index (κ3) is 3.37. The highest BCUT2D eigenvalue weighted by molar-refractivity contribution is 5.96. The minimum absolute atomic E-state index is 0.117. The van der Waals surface area contributed by atoms with Crippen molar-refractivity contribution in [2.75, 3.05) is 13.7 Å². The molecule has 122 valence electrons. The molecule has 2 aromatic rings. The van der Waals surface area contributed by atoms with Gasteiger partial charge in [0.1, 0.15) is 17.0 Å². The van der Waals surface area contributed by atoms with E-state index in [9.17, 15) is 9.90 Å². The Bertz CT molecular complexity index is 689. The van der Waals surface area contributed by atoms with Crippen LogP contribution in [0.5, 0.6) is 5.75 Å². The Hall–Kier alpha value is -2.34. The summed E-state index contributed by atoms with van der Waals surface area (Å²) in [5.41, 5.74) is 1.15. The van der Waals surface area contributed by atoms with E-state index in [2.05, 4.69) is 10.5 Å². The number of aromatic nitrogens is 1. The zero-order valence-corrected chi connectivity index (χ0v) is 13.2. The van der Waals surface area contributed by atoms with Gasteiger partial charge in [-0.2, -0.15) is 0 Å². The van der Waals surface area contributed by atoms with E-state index in [4.69, 9.17) is 9.26 Å². The van der Waals surface area contributed by atoms with Gasteiger partial charge >= 0.3 is 5.97 Å². The molecule has 3 rings (SSSR count). The number of methoxy groups -OCH3 is 1. The van der Waals surface area contributed by atoms with Gasteiger partial charge in [-0.15, -0.1) is 0 Å². The van der Waals surface area contributed by atoms with E-state index in [1.807, 2.05) is 6.92 Å². The molecule has 0 amide bonds. The number of carbonyl (C=O) groups is 1. The zero-order chi connectivity index (χ0) is 16.4. The van der Waals surface area contributed by atoms with Crippen LogP contribution in [0.2, 0.25) is 0 Å². The summed E-state index contributed by atoms with van der Waals surface area (Å²) in [6.07, 6.45) is 2.47. The van der Waals surface area contributed by atoms with Gasteiger partial charge in [-0.25, -0.2) is 4.79 Å². The first-order chi connectivity index (χ1) is 11.1. The fraction of sp³-hybridized carbons (Fsp3) is 0.412. The number of hydrogen-bond acceptors (Lipinski definition) is 5. The van der Waals surface area contributed by atoms with Crippen molar-refractivity contribution in [1.29, 1.82) is 0 Å². The predicted octanol–water partition coefficient (Wildman–Crippen LogP) is 3.11. The topological polar surface area (TPSA) is 84.6 Å². The van der Waals surface area contributed by atoms with Crippen molar-refractivity contribution in [3.63, 3.8) is 0 Å². The lowest BCUT2D eigenvalue weighted by atomic mass is 10.0. The van der Waals surface area contributed by atoms with Gasteiger partial charge in [0.25, 0.3) is 0 Å². The Balaban J connectivity index is 1.88. The summed E-state index contributed by atoms with van der Waals surface area (Å²) < 4.78 is 10.5. The summed E-state index contributed by atoms with van der Waals surface area (Å²) in [5.74, 6) is 0.736. The van der Waals surface area contributed by atoms with Gasteiger partial charge in [0, 0.05) is 5.56 Å². The quantitative estimate of drug-likeness (QED) is 0.816. The largest absolute Gasteiger partial charge is 0.497 e. The molecule has 6 nitrogen and oxygen atoms in total. The molecule has 2 N–H and O–H groups in total. The highest BCUT2D eigenvalue weighted by Gasteiger charge is 2.28. The van der Waals surface area contributed by atoms with Crippen LogP contribution in [-0.2, 0) is 0 Å². The Morgan fingerprint density at radius 3 is 2.70 bits per heavy atom. The first-order valence-electron chi connectivity index (χ1n) is 7.70. The van der Waals surface area contributed by atoms with Crippen LogP contribution in [0, 0.1) is 5.92 Å². The van der Waals surface area contributed by atoms with Gasteiger partial charge < -0.3 is 19.7 Å². The number of hydrogen-bond donors (Lipinski definition) is 2. The number of rotatable bonds is 7. The summed E-state index contributed by atoms with van der Waals surface area (Å²) in [6.45, 7) is 2.77. The van der Waals surface area contributed by atoms with E-state index in [0.29, 0.717) is 28.7 Å². The maximum Gasteiger partial charge on any atom is 0.341 e. The molecular formula is C17H20N2O4. The molecule has 6 heteroatoms. The minimum Gasteiger partial charge on any atom is -0.497 e. The molecule has 1 saturated carbocycles. The van der Waals surface area contributed by atoms with E-state index in [1.165, 1.54) is 12.8 Å². The molecule has 23 heavy (non-hydrogen) atoms. The van der Waals surface area contributed by atoms with Crippen LogP contribution in [0.1, 0.15) is 41.9 Å². The van der Waals surface area contributed by atoms with Crippen molar-refractivity contribution in [2.45, 2.75) is 25.8 Å². The predicted molar refractivity (Wildman–Crippen MR) is 84.6 cm³/mol. The van der Waals surface area contributed by atoms with Crippen LogP contribution in [-0.4, -0.2) is 29.9 Å². The molecule has 0 spiro atoms. The van der Waals surface area contributed by atoms with E-state index in [0.717, 1.165) is 6.54 Å². The molecule has 1 atom stereocenters. The lowest BCUT2D eigenvalue weighted by molar-refractivity contribution is 0.0694. The molecule has 1 aliphatic rings. The number of ether oxygens (including phenoxy) is 1. The van der Waals surface area contributed by atoms with E-state index in [-0.39, 0.29) is 11.6 Å². The second-order valence-electron chi connectivity index (χ2n) is 5.88. The summed E-state index contributed by atoms with van der Waals surface area (Å²) in [7, 11) is 1.58. The molecule has 1 aromatic carbocycles. The molecule has 1 heterocycles. The van der Waals surface area contributed by atoms with Gasteiger partial charge in [-0.05, 0) is 56.5 Å². The van der Waals surface area contributed by atoms with E-state index in [1.54, 1.807) is 31.4 Å². The molecule has 1 aromatic heterocycles. The molecule has 0 aliphatic heterocycles. The maximum atomic E-state index is 11.7. The summed E-state index contributed by atoms with van der Waals surface area (Å²) in [4.78, 5) is 11.7. The van der Waals surface area contributed by atoms with Crippen LogP contribution < -0.4 is 10.1 Å². The van der Waals surface area contributed by atoms with Crippen LogP contribution >= 0.6 is 0 Å². The summed E-state index contributed by atoms with van der Waals surface area (Å²) in [6, 6.07) is 6.89. The van der Waals surface area contributed by atoms with Crippen molar-refractivity contribution < 1.29 is 19.2 Å². The zero-order valence-electron chi connectivity index (χ0n) is 13.2. The molecule has 0 saturated heterocycles. The monoisotopic (exact) mass is 316 g/mol. The Morgan fingerprint density at radius 1 is 1.43 bits per heavy atom. The normalized spacial score (nSPS) is 15.4. The lowest BCUT2D eigenvalue weighted by Crippen LogP contribution is -2.22. The Morgan fingerprint density at radius 2 is 2.13 bits per heavy atom. The second kappa shape index (κ2) is 6.42. The minimum atomic E-state index is -1.04. The van der Waals surface area contributed by atoms with Crippen LogP contribution in [0.4, 0.5) is 0 Å². The van der Waals surface area contributed by atoms with Crippen molar-refractivity contribution in [1.82, 2.24) is 10.5 Å². The van der Waals surface area contributed by atoms with Gasteiger partial charge in [0.15, 0.2) is 5.76 Å². The average molecular weight is 316 g/mol. The van der Waals surface area contributed by atoms with Gasteiger partial charge in [0.2, 0.25) is 0 Å². The number of benzene rings is 1. The molecule has 0 bridgehead atoms. The highest BCUT2D eigenvalue weighted by Crippen LogP contribution is 2.32. The lowest BCUT2D eigenvalue weighted by Gasteiger charge is -2.11. The van der Waals surface area contributed by atoms with Crippen LogP contribution in [0.3, 0.4) is 0 Å². The van der Waals surface area contributed by atoms with Crippen molar-refractivity contribution in [2.24, 2.45) is 5.92 Å². The molecule has 1 fully saturated rings. The van der Waals surface area contributed by atoms with Gasteiger partial charge in [0.05, 0.1) is 13.2 Å². The highest BCUT2D eigenvalue weighted by atomic mass is 16.5. The second-order valence-corrected chi connectivity index (χ2v) is 5.88. The van der Waals surface area contributed by atoms with Gasteiger partial charge in [-0.3, -0.25) is 0 Å². The van der Waals surface area contributed by atoms with Crippen LogP contribution in [0.15, 0.2) is 28.8 Å². The first kappa shape index (κ1) is 15.6. The third-order valence-electron chi connectivity index (χ3n) is 4.10. The number of carboxylic acid groups (broad SMARTS) is 1. The molecular weight excluding hydrogens is 296 g/mol. The van der Waals surface area contributed by atoms with E-state index < -0.39 is 5.97 Å². The number of aromatic carboxylic acids is 1. The van der Waals surface area contributed by atoms with Crippen LogP contribution in [0.25, 0.3) is 11.3 Å². The number of carboxylic acids is 1. The molecule has 1 aliphatic carbocycles.